The first-order valence-corrected chi connectivity index (χ1v) is 6.69. The number of nitrogens with two attached hydrogens (primary N) is 1. The van der Waals surface area contributed by atoms with Crippen LogP contribution in [-0.2, 0) is 0 Å². The molecular weight excluding hydrogens is 331 g/mol. The molecule has 0 saturated carbocycles. The van der Waals surface area contributed by atoms with Gasteiger partial charge in [0, 0.05) is 24.7 Å². The van der Waals surface area contributed by atoms with Crippen molar-refractivity contribution in [3.05, 3.63) is 27.3 Å². The van der Waals surface area contributed by atoms with Crippen molar-refractivity contribution in [3.63, 3.8) is 0 Å². The molecule has 0 unspecified atom stereocenters. The van der Waals surface area contributed by atoms with E-state index in [1.807, 2.05) is 22.6 Å². The van der Waals surface area contributed by atoms with Gasteiger partial charge in [0.2, 0.25) is 0 Å². The summed E-state index contributed by atoms with van der Waals surface area (Å²) in [7, 11) is 0. The van der Waals surface area contributed by atoms with Crippen LogP contribution < -0.4 is 5.73 Å². The zero-order valence-electron chi connectivity index (χ0n) is 9.40. The molecule has 1 aromatic carbocycles. The van der Waals surface area contributed by atoms with Crippen molar-refractivity contribution in [3.8, 4) is 5.75 Å². The number of carbonyl (C=O) groups is 1. The summed E-state index contributed by atoms with van der Waals surface area (Å²) in [4.78, 5) is 13.9. The van der Waals surface area contributed by atoms with E-state index in [4.69, 9.17) is 5.73 Å². The highest BCUT2D eigenvalue weighted by Gasteiger charge is 2.22. The monoisotopic (exact) mass is 346 g/mol. The van der Waals surface area contributed by atoms with Crippen LogP contribution in [0.25, 0.3) is 0 Å². The molecule has 1 aromatic rings. The van der Waals surface area contributed by atoms with Gasteiger partial charge in [-0.05, 0) is 53.6 Å². The molecule has 0 bridgehead atoms. The van der Waals surface area contributed by atoms with Gasteiger partial charge in [-0.3, -0.25) is 4.79 Å². The molecule has 1 fully saturated rings. The molecule has 1 aliphatic heterocycles. The summed E-state index contributed by atoms with van der Waals surface area (Å²) in [5, 5.41) is 9.60. The minimum absolute atomic E-state index is 0.0492. The van der Waals surface area contributed by atoms with Gasteiger partial charge in [-0.25, -0.2) is 0 Å². The molecule has 5 heteroatoms. The standard InChI is InChI=1S/C12H15IN2O2/c13-10-4-3-8(6-11(10)16)12(17)15-5-1-2-9(14)7-15/h3-4,6,9,16H,1-2,5,7,14H2/t9-/m1/s1. The minimum Gasteiger partial charge on any atom is -0.507 e. The van der Waals surface area contributed by atoms with E-state index in [1.165, 1.54) is 6.07 Å². The molecule has 1 atom stereocenters. The second-order valence-corrected chi connectivity index (χ2v) is 5.48. The predicted octanol–water partition coefficient (Wildman–Crippen LogP) is 1.56. The molecule has 3 N–H and O–H groups in total. The molecule has 0 radical (unpaired) electrons. The summed E-state index contributed by atoms with van der Waals surface area (Å²) >= 11 is 2.03. The predicted molar refractivity (Wildman–Crippen MR) is 73.9 cm³/mol. The number of likely N-dealkylation sites (tertiary alicyclic amines) is 1. The zero-order chi connectivity index (χ0) is 12.4. The molecule has 17 heavy (non-hydrogen) atoms. The van der Waals surface area contributed by atoms with Crippen molar-refractivity contribution in [2.75, 3.05) is 13.1 Å². The smallest absolute Gasteiger partial charge is 0.254 e. The maximum Gasteiger partial charge on any atom is 0.254 e. The van der Waals surface area contributed by atoms with Gasteiger partial charge in [-0.2, -0.15) is 0 Å². The van der Waals surface area contributed by atoms with Crippen LogP contribution in [0.4, 0.5) is 0 Å². The van der Waals surface area contributed by atoms with E-state index in [2.05, 4.69) is 0 Å². The second-order valence-electron chi connectivity index (χ2n) is 4.32. The van der Waals surface area contributed by atoms with Gasteiger partial charge in [-0.15, -0.1) is 0 Å². The number of hydrogen-bond acceptors (Lipinski definition) is 3. The normalized spacial score (nSPS) is 20.4. The molecule has 4 nitrogen and oxygen atoms in total. The average molecular weight is 346 g/mol. The first-order valence-electron chi connectivity index (χ1n) is 5.61. The van der Waals surface area contributed by atoms with Crippen molar-refractivity contribution < 1.29 is 9.90 Å². The molecule has 1 aliphatic rings. The third kappa shape index (κ3) is 2.90. The number of halogens is 1. The number of hydrogen-bond donors (Lipinski definition) is 2. The summed E-state index contributed by atoms with van der Waals surface area (Å²) in [5.41, 5.74) is 6.38. The molecule has 0 spiro atoms. The topological polar surface area (TPSA) is 66.6 Å². The number of benzene rings is 1. The van der Waals surface area contributed by atoms with Crippen molar-refractivity contribution in [1.29, 1.82) is 0 Å². The molecule has 1 saturated heterocycles. The van der Waals surface area contributed by atoms with E-state index >= 15 is 0 Å². The zero-order valence-corrected chi connectivity index (χ0v) is 11.6. The maximum atomic E-state index is 12.2. The average Bonchev–Trinajstić information content (AvgIpc) is 2.32. The third-order valence-electron chi connectivity index (χ3n) is 2.94. The number of aromatic hydroxyl groups is 1. The Hall–Kier alpha value is -0.820. The molecule has 1 amide bonds. The van der Waals surface area contributed by atoms with Crippen LogP contribution >= 0.6 is 22.6 Å². The van der Waals surface area contributed by atoms with E-state index in [-0.39, 0.29) is 17.7 Å². The van der Waals surface area contributed by atoms with Crippen LogP contribution in [0.3, 0.4) is 0 Å². The van der Waals surface area contributed by atoms with Crippen LogP contribution in [0.15, 0.2) is 18.2 Å². The van der Waals surface area contributed by atoms with E-state index in [1.54, 1.807) is 17.0 Å². The Morgan fingerprint density at radius 1 is 1.53 bits per heavy atom. The first-order chi connectivity index (χ1) is 8.08. The number of phenols is 1. The Kier molecular flexibility index (Phi) is 3.88. The molecule has 0 aliphatic carbocycles. The SMILES string of the molecule is N[C@@H]1CCCN(C(=O)c2ccc(I)c(O)c2)C1. The lowest BCUT2D eigenvalue weighted by Crippen LogP contribution is -2.45. The molecule has 2 rings (SSSR count). The highest BCUT2D eigenvalue weighted by molar-refractivity contribution is 14.1. The highest BCUT2D eigenvalue weighted by atomic mass is 127. The maximum absolute atomic E-state index is 12.2. The number of rotatable bonds is 1. The second kappa shape index (κ2) is 5.22. The fourth-order valence-corrected chi connectivity index (χ4v) is 2.36. The Labute approximate surface area is 114 Å². The van der Waals surface area contributed by atoms with Gasteiger partial charge >= 0.3 is 0 Å². The lowest BCUT2D eigenvalue weighted by atomic mass is 10.1. The molecule has 92 valence electrons. The Bertz CT molecular complexity index is 437. The van der Waals surface area contributed by atoms with E-state index in [0.29, 0.717) is 12.1 Å². The number of nitrogens with zero attached hydrogens (tertiary/aromatic N) is 1. The van der Waals surface area contributed by atoms with Crippen LogP contribution in [0.5, 0.6) is 5.75 Å². The number of phenolic OH excluding ortho intramolecular Hbond substituents is 1. The summed E-state index contributed by atoms with van der Waals surface area (Å²) < 4.78 is 0.745. The molecule has 1 heterocycles. The van der Waals surface area contributed by atoms with E-state index in [9.17, 15) is 9.90 Å². The van der Waals surface area contributed by atoms with Crippen molar-refractivity contribution in [2.24, 2.45) is 5.73 Å². The van der Waals surface area contributed by atoms with Crippen molar-refractivity contribution in [1.82, 2.24) is 4.90 Å². The quantitative estimate of drug-likeness (QED) is 0.759. The van der Waals surface area contributed by atoms with Gasteiger partial charge in [0.25, 0.3) is 5.91 Å². The Morgan fingerprint density at radius 2 is 2.29 bits per heavy atom. The summed E-state index contributed by atoms with van der Waals surface area (Å²) in [5.74, 6) is 0.101. The Balaban J connectivity index is 2.15. The fourth-order valence-electron chi connectivity index (χ4n) is 2.02. The highest BCUT2D eigenvalue weighted by Crippen LogP contribution is 2.22. The lowest BCUT2D eigenvalue weighted by Gasteiger charge is -2.30. The summed E-state index contributed by atoms with van der Waals surface area (Å²) in [6, 6.07) is 5.08. The van der Waals surface area contributed by atoms with Gasteiger partial charge in [0.1, 0.15) is 5.75 Å². The van der Waals surface area contributed by atoms with Crippen LogP contribution in [0, 0.1) is 3.57 Å². The number of carbonyl (C=O) groups excluding carboxylic acids is 1. The molecular formula is C12H15IN2O2. The number of piperidine rings is 1. The van der Waals surface area contributed by atoms with Gasteiger partial charge in [-0.1, -0.05) is 0 Å². The number of amides is 1. The van der Waals surface area contributed by atoms with Crippen molar-refractivity contribution >= 4 is 28.5 Å². The first kappa shape index (κ1) is 12.6. The van der Waals surface area contributed by atoms with Crippen molar-refractivity contribution in [2.45, 2.75) is 18.9 Å². The largest absolute Gasteiger partial charge is 0.507 e. The summed E-state index contributed by atoms with van der Waals surface area (Å²) in [6.07, 6.45) is 1.92. The van der Waals surface area contributed by atoms with E-state index < -0.39 is 0 Å². The lowest BCUT2D eigenvalue weighted by molar-refractivity contribution is 0.0708. The van der Waals surface area contributed by atoms with Crippen LogP contribution in [0.1, 0.15) is 23.2 Å². The van der Waals surface area contributed by atoms with Crippen LogP contribution in [-0.4, -0.2) is 35.0 Å². The van der Waals surface area contributed by atoms with E-state index in [0.717, 1.165) is 23.0 Å². The Morgan fingerprint density at radius 3 is 2.94 bits per heavy atom. The van der Waals surface area contributed by atoms with Gasteiger partial charge in [0.15, 0.2) is 0 Å². The van der Waals surface area contributed by atoms with Gasteiger partial charge < -0.3 is 15.7 Å². The third-order valence-corrected chi connectivity index (χ3v) is 3.85. The van der Waals surface area contributed by atoms with Gasteiger partial charge in [0.05, 0.1) is 3.57 Å². The summed E-state index contributed by atoms with van der Waals surface area (Å²) in [6.45, 7) is 1.35. The molecule has 0 aromatic heterocycles. The minimum atomic E-state index is -0.0492. The van der Waals surface area contributed by atoms with Crippen LogP contribution in [0.2, 0.25) is 0 Å². The fraction of sp³-hybridized carbons (Fsp3) is 0.417.